The number of furan rings is 1. The monoisotopic (exact) mass is 544 g/mol. The number of fused-ring (bicyclic) bond motifs is 8. The Morgan fingerprint density at radius 2 is 1.05 bits per heavy atom. The van der Waals surface area contributed by atoms with Crippen LogP contribution in [0.15, 0.2) is 149 Å². The van der Waals surface area contributed by atoms with Crippen LogP contribution in [0.1, 0.15) is 32.9 Å². The molecule has 0 aliphatic heterocycles. The number of hydrogen-bond donors (Lipinski definition) is 0. The van der Waals surface area contributed by atoms with Crippen molar-refractivity contribution < 1.29 is 37.3 Å². The molecular weight excluding hydrogens is 496 g/mol. The molecule has 0 N–H and O–H groups in total. The Hall–Kier alpha value is -5.40. The summed E-state index contributed by atoms with van der Waals surface area (Å²) in [6.07, 6.45) is 0. The smallest absolute Gasteiger partial charge is 0.136 e. The van der Waals surface area contributed by atoms with Crippen LogP contribution in [-0.4, -0.2) is 0 Å². The van der Waals surface area contributed by atoms with Crippen molar-refractivity contribution in [2.45, 2.75) is 0 Å². The quantitative estimate of drug-likeness (QED) is 0.156. The molecule has 0 aliphatic carbocycles. The third kappa shape index (κ3) is 3.36. The minimum atomic E-state index is -0.977. The van der Waals surface area contributed by atoms with Crippen LogP contribution in [0.2, 0.25) is 0 Å². The SMILES string of the molecule is [2H]c1c([2H])c([2H])c2c(oc3c([2H])c([2H])c([2H])c(-c4c([2H])c([2H])c5c([2H])c(-c6c7c([2H])c([2H])c([2H])c([2H])c7c([2H])c7c6c([2H])c([2H])c6c([2H])c([2H])c([2H])c([2H])c67)c([2H])c([2H])c5c4[2H])c32)c1[2H]. The standard InChI is InChI=1S/C40H24O/c1-3-10-31-25(8-1)20-21-34-36(31)24-28-9-2-4-11-32(28)39(34)30-19-17-26-22-29(18-16-27(26)23-30)33-13-7-15-38-40(33)35-12-5-6-14-37(35)41-38/h1-24H/i1D,2D,3D,4D,5D,6D,7D,8D,9D,10D,11D,12D,13D,14D,15D,16D,17D,18D,19D,20D,21D,22D,23D,24D. The van der Waals surface area contributed by atoms with E-state index in [0.29, 0.717) is 0 Å². The van der Waals surface area contributed by atoms with Gasteiger partial charge in [0.25, 0.3) is 0 Å². The molecule has 0 fully saturated rings. The summed E-state index contributed by atoms with van der Waals surface area (Å²) in [5.74, 6) is 0. The second kappa shape index (κ2) is 8.55. The maximum atomic E-state index is 9.64. The lowest BCUT2D eigenvalue weighted by Gasteiger charge is -2.15. The van der Waals surface area contributed by atoms with Gasteiger partial charge >= 0.3 is 0 Å². The zero-order valence-electron chi connectivity index (χ0n) is 44.4. The Balaban J connectivity index is 1.53. The van der Waals surface area contributed by atoms with Gasteiger partial charge in [-0.05, 0) is 95.6 Å². The van der Waals surface area contributed by atoms with Crippen molar-refractivity contribution in [3.05, 3.63) is 145 Å². The van der Waals surface area contributed by atoms with Gasteiger partial charge in [-0.15, -0.1) is 0 Å². The maximum Gasteiger partial charge on any atom is 0.136 e. The molecule has 0 spiro atoms. The molecule has 0 atom stereocenters. The van der Waals surface area contributed by atoms with E-state index >= 15 is 0 Å². The van der Waals surface area contributed by atoms with Gasteiger partial charge in [0.2, 0.25) is 0 Å². The first-order valence-corrected chi connectivity index (χ1v) is 12.2. The molecule has 0 amide bonds. The average Bonchev–Trinajstić information content (AvgIpc) is 3.67. The van der Waals surface area contributed by atoms with Crippen LogP contribution < -0.4 is 0 Å². The van der Waals surface area contributed by atoms with Crippen LogP contribution in [0, 0.1) is 0 Å². The molecule has 0 radical (unpaired) electrons. The third-order valence-electron chi connectivity index (χ3n) is 6.76. The predicted molar refractivity (Wildman–Crippen MR) is 175 cm³/mol. The molecule has 41 heavy (non-hydrogen) atoms. The highest BCUT2D eigenvalue weighted by atomic mass is 16.3. The minimum absolute atomic E-state index is 0.379. The molecule has 1 aromatic heterocycles. The summed E-state index contributed by atoms with van der Waals surface area (Å²) in [6.45, 7) is 0. The minimum Gasteiger partial charge on any atom is -0.456 e. The lowest BCUT2D eigenvalue weighted by molar-refractivity contribution is 0.669. The fourth-order valence-corrected chi connectivity index (χ4v) is 4.98. The molecule has 8 aromatic carbocycles. The lowest BCUT2D eigenvalue weighted by atomic mass is 9.89. The molecule has 0 saturated heterocycles. The summed E-state index contributed by atoms with van der Waals surface area (Å²) in [6, 6.07) is -19.8. The lowest BCUT2D eigenvalue weighted by Crippen LogP contribution is -1.88. The van der Waals surface area contributed by atoms with E-state index in [1.54, 1.807) is 0 Å². The Morgan fingerprint density at radius 1 is 0.390 bits per heavy atom. The van der Waals surface area contributed by atoms with Crippen LogP contribution in [0.4, 0.5) is 0 Å². The number of para-hydroxylation sites is 1. The molecule has 9 rings (SSSR count). The Bertz CT molecular complexity index is 3820. The van der Waals surface area contributed by atoms with Crippen LogP contribution in [0.3, 0.4) is 0 Å². The van der Waals surface area contributed by atoms with Gasteiger partial charge in [-0.25, -0.2) is 0 Å². The van der Waals surface area contributed by atoms with Gasteiger partial charge in [0.1, 0.15) is 11.2 Å². The van der Waals surface area contributed by atoms with Crippen LogP contribution in [0.25, 0.3) is 87.3 Å². The predicted octanol–water partition coefficient (Wildman–Crippen LogP) is 11.5. The fraction of sp³-hybridized carbons (Fsp3) is 0. The first kappa shape index (κ1) is 9.33. The molecule has 0 aliphatic rings. The normalized spacial score (nSPS) is 20.1. The van der Waals surface area contributed by atoms with E-state index in [9.17, 15) is 11.0 Å². The van der Waals surface area contributed by atoms with Gasteiger partial charge < -0.3 is 4.42 Å². The molecule has 1 nitrogen and oxygen atoms in total. The van der Waals surface area contributed by atoms with Crippen molar-refractivity contribution in [3.8, 4) is 22.3 Å². The fourth-order valence-electron chi connectivity index (χ4n) is 4.98. The Labute approximate surface area is 270 Å². The largest absolute Gasteiger partial charge is 0.456 e. The first-order valence-electron chi connectivity index (χ1n) is 24.2. The summed E-state index contributed by atoms with van der Waals surface area (Å²) in [5, 5.41) is -5.38. The van der Waals surface area contributed by atoms with Gasteiger partial charge in [0.15, 0.2) is 0 Å². The molecule has 0 bridgehead atoms. The van der Waals surface area contributed by atoms with Crippen molar-refractivity contribution in [1.29, 1.82) is 0 Å². The van der Waals surface area contributed by atoms with Crippen molar-refractivity contribution in [3.63, 3.8) is 0 Å². The van der Waals surface area contributed by atoms with Crippen molar-refractivity contribution in [2.24, 2.45) is 0 Å². The van der Waals surface area contributed by atoms with Gasteiger partial charge in [0.05, 0.1) is 32.9 Å². The zero-order chi connectivity index (χ0) is 47.8. The zero-order valence-corrected chi connectivity index (χ0v) is 20.4. The molecule has 1 heterocycles. The molecule has 190 valence electrons. The summed E-state index contributed by atoms with van der Waals surface area (Å²) < 4.78 is 219. The highest BCUT2D eigenvalue weighted by Gasteiger charge is 2.15. The van der Waals surface area contributed by atoms with E-state index < -0.39 is 222 Å². The maximum absolute atomic E-state index is 9.64. The molecule has 0 saturated carbocycles. The Kier molecular flexibility index (Phi) is 1.94. The summed E-state index contributed by atoms with van der Waals surface area (Å²) in [4.78, 5) is 0. The highest BCUT2D eigenvalue weighted by Crippen LogP contribution is 2.41. The first-order chi connectivity index (χ1) is 30.3. The van der Waals surface area contributed by atoms with E-state index in [1.807, 2.05) is 0 Å². The number of hydrogen-bond acceptors (Lipinski definition) is 1. The van der Waals surface area contributed by atoms with E-state index in [4.69, 9.17) is 26.3 Å². The van der Waals surface area contributed by atoms with Gasteiger partial charge in [0, 0.05) is 10.8 Å². The molecule has 0 unspecified atom stereocenters. The number of benzene rings is 8. The highest BCUT2D eigenvalue weighted by molar-refractivity contribution is 6.20. The van der Waals surface area contributed by atoms with Crippen molar-refractivity contribution in [2.75, 3.05) is 0 Å². The van der Waals surface area contributed by atoms with E-state index in [-0.39, 0.29) is 10.8 Å². The molecular formula is C40H24O. The van der Waals surface area contributed by atoms with Gasteiger partial charge in [-0.1, -0.05) is 115 Å². The molecule has 1 heteroatoms. The average molecular weight is 545 g/mol. The van der Waals surface area contributed by atoms with Crippen LogP contribution in [-0.2, 0) is 0 Å². The molecule has 9 aromatic rings. The van der Waals surface area contributed by atoms with E-state index in [1.165, 1.54) is 0 Å². The topological polar surface area (TPSA) is 13.1 Å². The second-order valence-corrected chi connectivity index (χ2v) is 9.01. The van der Waals surface area contributed by atoms with Gasteiger partial charge in [-0.2, -0.15) is 0 Å². The van der Waals surface area contributed by atoms with E-state index in [2.05, 4.69) is 0 Å². The second-order valence-electron chi connectivity index (χ2n) is 9.01. The Morgan fingerprint density at radius 3 is 1.93 bits per heavy atom. The van der Waals surface area contributed by atoms with E-state index in [0.717, 1.165) is 0 Å². The van der Waals surface area contributed by atoms with Crippen LogP contribution >= 0.6 is 0 Å². The van der Waals surface area contributed by atoms with Crippen LogP contribution in [0.5, 0.6) is 0 Å². The summed E-state index contributed by atoms with van der Waals surface area (Å²) in [7, 11) is 0. The number of rotatable bonds is 2. The summed E-state index contributed by atoms with van der Waals surface area (Å²) >= 11 is 0. The van der Waals surface area contributed by atoms with Crippen molar-refractivity contribution >= 4 is 65.0 Å². The summed E-state index contributed by atoms with van der Waals surface area (Å²) in [5.41, 5.74) is -3.57. The van der Waals surface area contributed by atoms with Crippen molar-refractivity contribution in [1.82, 2.24) is 0 Å². The van der Waals surface area contributed by atoms with Gasteiger partial charge in [-0.3, -0.25) is 0 Å². The third-order valence-corrected chi connectivity index (χ3v) is 6.76.